The van der Waals surface area contributed by atoms with Gasteiger partial charge in [-0.2, -0.15) is 0 Å². The molecule has 160 valence electrons. The van der Waals surface area contributed by atoms with E-state index in [1.165, 1.54) is 16.7 Å². The highest BCUT2D eigenvalue weighted by atomic mass is 32.2. The summed E-state index contributed by atoms with van der Waals surface area (Å²) in [7, 11) is 1.59. The summed E-state index contributed by atoms with van der Waals surface area (Å²) in [6.45, 7) is 3.56. The number of piperazine rings is 1. The van der Waals surface area contributed by atoms with Crippen LogP contribution in [0.3, 0.4) is 0 Å². The van der Waals surface area contributed by atoms with Crippen LogP contribution in [0.1, 0.15) is 12.5 Å². The molecule has 8 nitrogen and oxygen atoms in total. The molecule has 2 saturated heterocycles. The summed E-state index contributed by atoms with van der Waals surface area (Å²) >= 11 is 6.50. The Kier molecular flexibility index (Phi) is 7.33. The largest absolute Gasteiger partial charge is 0.497 e. The van der Waals surface area contributed by atoms with Crippen molar-refractivity contribution in [3.05, 3.63) is 34.7 Å². The maximum Gasteiger partial charge on any atom is 0.409 e. The Bertz CT molecular complexity index is 864. The van der Waals surface area contributed by atoms with Crippen LogP contribution in [-0.4, -0.2) is 83.4 Å². The van der Waals surface area contributed by atoms with Crippen molar-refractivity contribution in [3.8, 4) is 5.75 Å². The van der Waals surface area contributed by atoms with Gasteiger partial charge in [0.1, 0.15) is 16.6 Å². The average Bonchev–Trinajstić information content (AvgIpc) is 3.02. The molecule has 0 aromatic heterocycles. The predicted octanol–water partition coefficient (Wildman–Crippen LogP) is 2.20. The minimum absolute atomic E-state index is 0.107. The third kappa shape index (κ3) is 5.11. The number of nitrogens with zero attached hydrogens (tertiary/aromatic N) is 3. The van der Waals surface area contributed by atoms with E-state index < -0.39 is 0 Å². The molecule has 0 aliphatic carbocycles. The molecule has 2 heterocycles. The van der Waals surface area contributed by atoms with Crippen LogP contribution < -0.4 is 4.74 Å². The molecule has 0 radical (unpaired) electrons. The predicted molar refractivity (Wildman–Crippen MR) is 118 cm³/mol. The van der Waals surface area contributed by atoms with Crippen molar-refractivity contribution >= 4 is 52.3 Å². The van der Waals surface area contributed by atoms with E-state index in [-0.39, 0.29) is 24.5 Å². The summed E-state index contributed by atoms with van der Waals surface area (Å²) < 4.78 is 10.5. The van der Waals surface area contributed by atoms with Gasteiger partial charge in [-0.15, -0.1) is 0 Å². The van der Waals surface area contributed by atoms with Crippen LogP contribution in [0.2, 0.25) is 0 Å². The van der Waals surface area contributed by atoms with E-state index in [0.29, 0.717) is 42.0 Å². The average molecular weight is 450 g/mol. The van der Waals surface area contributed by atoms with Gasteiger partial charge in [0.05, 0.1) is 18.6 Å². The quantitative estimate of drug-likeness (QED) is 0.504. The van der Waals surface area contributed by atoms with Crippen LogP contribution in [-0.2, 0) is 14.3 Å². The van der Waals surface area contributed by atoms with Crippen LogP contribution in [0.4, 0.5) is 4.79 Å². The Labute approximate surface area is 184 Å². The Morgan fingerprint density at radius 3 is 2.37 bits per heavy atom. The Morgan fingerprint density at radius 2 is 1.77 bits per heavy atom. The number of benzene rings is 1. The van der Waals surface area contributed by atoms with Gasteiger partial charge in [0, 0.05) is 26.2 Å². The summed E-state index contributed by atoms with van der Waals surface area (Å²) in [5, 5.41) is 0. The molecule has 30 heavy (non-hydrogen) atoms. The number of carbonyl (C=O) groups excluding carboxylic acids is 3. The van der Waals surface area contributed by atoms with E-state index in [2.05, 4.69) is 0 Å². The van der Waals surface area contributed by atoms with Gasteiger partial charge in [-0.25, -0.2) is 4.79 Å². The van der Waals surface area contributed by atoms with Gasteiger partial charge in [-0.3, -0.25) is 14.5 Å². The van der Waals surface area contributed by atoms with E-state index in [0.717, 1.165) is 11.3 Å². The van der Waals surface area contributed by atoms with Crippen LogP contribution in [0.5, 0.6) is 5.75 Å². The molecule has 0 atom stereocenters. The van der Waals surface area contributed by atoms with Crippen molar-refractivity contribution in [2.75, 3.05) is 46.4 Å². The monoisotopic (exact) mass is 449 g/mol. The van der Waals surface area contributed by atoms with Gasteiger partial charge >= 0.3 is 6.09 Å². The van der Waals surface area contributed by atoms with Crippen molar-refractivity contribution < 1.29 is 23.9 Å². The van der Waals surface area contributed by atoms with E-state index in [1.807, 2.05) is 24.3 Å². The molecule has 0 spiro atoms. The maximum absolute atomic E-state index is 12.8. The maximum atomic E-state index is 12.8. The molecule has 1 aromatic rings. The first-order valence-electron chi connectivity index (χ1n) is 9.51. The number of methoxy groups -OCH3 is 1. The highest BCUT2D eigenvalue weighted by Gasteiger charge is 2.35. The fourth-order valence-corrected chi connectivity index (χ4v) is 4.33. The minimum Gasteiger partial charge on any atom is -0.497 e. The fraction of sp³-hybridized carbons (Fsp3) is 0.400. The van der Waals surface area contributed by atoms with Crippen molar-refractivity contribution in [1.29, 1.82) is 0 Å². The number of thiocarbonyl (C=S) groups is 1. The Balaban J connectivity index is 1.58. The molecule has 0 bridgehead atoms. The number of hydrogen-bond acceptors (Lipinski definition) is 7. The minimum atomic E-state index is -0.370. The molecular formula is C20H23N3O5S2. The van der Waals surface area contributed by atoms with Crippen LogP contribution in [0.25, 0.3) is 6.08 Å². The summed E-state index contributed by atoms with van der Waals surface area (Å²) in [6.07, 6.45) is 1.38. The van der Waals surface area contributed by atoms with E-state index in [9.17, 15) is 14.4 Å². The highest BCUT2D eigenvalue weighted by Crippen LogP contribution is 2.32. The molecule has 0 N–H and O–H groups in total. The second-order valence-corrected chi connectivity index (χ2v) is 8.28. The third-order valence-electron chi connectivity index (χ3n) is 4.74. The van der Waals surface area contributed by atoms with Gasteiger partial charge in [0.2, 0.25) is 5.91 Å². The lowest BCUT2D eigenvalue weighted by Crippen LogP contribution is -2.53. The first-order valence-corrected chi connectivity index (χ1v) is 10.7. The van der Waals surface area contributed by atoms with Crippen LogP contribution in [0.15, 0.2) is 29.2 Å². The zero-order valence-corrected chi connectivity index (χ0v) is 18.5. The second-order valence-electron chi connectivity index (χ2n) is 6.61. The Morgan fingerprint density at radius 1 is 1.13 bits per heavy atom. The number of thioether (sulfide) groups is 1. The normalized spacial score (nSPS) is 18.2. The molecule has 1 aromatic carbocycles. The molecule has 2 fully saturated rings. The molecule has 10 heteroatoms. The van der Waals surface area contributed by atoms with Gasteiger partial charge in [-0.05, 0) is 30.7 Å². The number of ether oxygens (including phenoxy) is 2. The lowest BCUT2D eigenvalue weighted by molar-refractivity contribution is -0.136. The van der Waals surface area contributed by atoms with Crippen molar-refractivity contribution in [2.45, 2.75) is 6.92 Å². The number of hydrogen-bond donors (Lipinski definition) is 0. The van der Waals surface area contributed by atoms with Crippen molar-refractivity contribution in [2.24, 2.45) is 0 Å². The number of carbonyl (C=O) groups is 3. The van der Waals surface area contributed by atoms with Crippen LogP contribution in [0, 0.1) is 0 Å². The SMILES string of the molecule is CCOC(=O)N1CCN(C(=O)CN2C(=O)C(=Cc3ccc(OC)cc3)SC2=S)CC1. The zero-order valence-electron chi connectivity index (χ0n) is 16.8. The third-order valence-corrected chi connectivity index (χ3v) is 6.12. The van der Waals surface area contributed by atoms with Crippen molar-refractivity contribution in [3.63, 3.8) is 0 Å². The van der Waals surface area contributed by atoms with Gasteiger partial charge in [-0.1, -0.05) is 36.1 Å². The molecule has 3 amide bonds. The molecular weight excluding hydrogens is 426 g/mol. The molecule has 0 unspecified atom stereocenters. The first kappa shape index (κ1) is 22.1. The Hall–Kier alpha value is -2.59. The summed E-state index contributed by atoms with van der Waals surface area (Å²) in [6, 6.07) is 7.32. The number of rotatable bonds is 5. The standard InChI is InChI=1S/C20H23N3O5S2/c1-3-28-19(26)22-10-8-21(9-11-22)17(24)13-23-18(25)16(30-20(23)29)12-14-4-6-15(27-2)7-5-14/h4-7,12H,3,8-11,13H2,1-2H3. The highest BCUT2D eigenvalue weighted by molar-refractivity contribution is 8.26. The second kappa shape index (κ2) is 9.94. The smallest absolute Gasteiger partial charge is 0.409 e. The molecule has 2 aliphatic heterocycles. The lowest BCUT2D eigenvalue weighted by Gasteiger charge is -2.34. The lowest BCUT2D eigenvalue weighted by atomic mass is 10.2. The van der Waals surface area contributed by atoms with Gasteiger partial charge in [0.25, 0.3) is 5.91 Å². The first-order chi connectivity index (χ1) is 14.4. The molecule has 0 saturated carbocycles. The van der Waals surface area contributed by atoms with E-state index in [4.69, 9.17) is 21.7 Å². The fourth-order valence-electron chi connectivity index (χ4n) is 3.08. The summed E-state index contributed by atoms with van der Waals surface area (Å²) in [4.78, 5) is 42.2. The van der Waals surface area contributed by atoms with E-state index >= 15 is 0 Å². The topological polar surface area (TPSA) is 79.4 Å². The van der Waals surface area contributed by atoms with Gasteiger partial charge < -0.3 is 19.3 Å². The van der Waals surface area contributed by atoms with Gasteiger partial charge in [0.15, 0.2) is 0 Å². The number of amides is 3. The summed E-state index contributed by atoms with van der Waals surface area (Å²) in [5.74, 6) is 0.258. The molecule has 2 aliphatic rings. The summed E-state index contributed by atoms with van der Waals surface area (Å²) in [5.41, 5.74) is 0.845. The van der Waals surface area contributed by atoms with E-state index in [1.54, 1.807) is 29.9 Å². The van der Waals surface area contributed by atoms with Crippen molar-refractivity contribution in [1.82, 2.24) is 14.7 Å². The molecule has 3 rings (SSSR count). The van der Waals surface area contributed by atoms with Crippen LogP contribution >= 0.6 is 24.0 Å². The zero-order chi connectivity index (χ0) is 21.7.